The third-order valence-electron chi connectivity index (χ3n) is 7.47. The first-order valence-electron chi connectivity index (χ1n) is 14.3. The number of carboxylic acid groups (broad SMARTS) is 1. The van der Waals surface area contributed by atoms with Crippen molar-refractivity contribution in [3.8, 4) is 0 Å². The summed E-state index contributed by atoms with van der Waals surface area (Å²) in [6, 6.07) is 21.8. The molecule has 0 aliphatic heterocycles. The molecule has 0 radical (unpaired) electrons. The molecule has 2 atom stereocenters. The number of nitrogens with zero attached hydrogens (tertiary/aromatic N) is 2. The Kier molecular flexibility index (Phi) is 11.7. The first-order chi connectivity index (χ1) is 20.6. The summed E-state index contributed by atoms with van der Waals surface area (Å²) < 4.78 is 26.5. The van der Waals surface area contributed by atoms with Crippen LogP contribution in [0.15, 0.2) is 84.9 Å². The fourth-order valence-electron chi connectivity index (χ4n) is 4.94. The molecule has 0 saturated carbocycles. The zero-order valence-electron chi connectivity index (χ0n) is 25.9. The van der Waals surface area contributed by atoms with Gasteiger partial charge in [-0.1, -0.05) is 78.9 Å². The third-order valence-corrected chi connectivity index (χ3v) is 8.16. The number of nitrogens with one attached hydrogen (secondary N) is 2. The number of sulfonamides is 1. The minimum absolute atomic E-state index is 0.00187. The molecule has 0 aliphatic carbocycles. The molecule has 44 heavy (non-hydrogen) atoms. The van der Waals surface area contributed by atoms with Gasteiger partial charge in [-0.25, -0.2) is 17.9 Å². The van der Waals surface area contributed by atoms with Crippen LogP contribution in [0.1, 0.15) is 31.4 Å². The predicted molar refractivity (Wildman–Crippen MR) is 173 cm³/mol. The van der Waals surface area contributed by atoms with Crippen LogP contribution in [0, 0.1) is 0 Å². The maximum Gasteiger partial charge on any atom is 0.405 e. The fourth-order valence-corrected chi connectivity index (χ4v) is 5.43. The molecule has 3 aromatic carbocycles. The molecule has 0 bridgehead atoms. The van der Waals surface area contributed by atoms with E-state index in [2.05, 4.69) is 10.0 Å². The lowest BCUT2D eigenvalue weighted by Gasteiger charge is -2.35. The fraction of sp³-hybridized carbons (Fsp3) is 0.364. The van der Waals surface area contributed by atoms with Gasteiger partial charge in [0.1, 0.15) is 6.04 Å². The lowest BCUT2D eigenvalue weighted by Crippen LogP contribution is -2.54. The number of rotatable bonds is 14. The zero-order chi connectivity index (χ0) is 32.5. The lowest BCUT2D eigenvalue weighted by atomic mass is 9.98. The van der Waals surface area contributed by atoms with Crippen molar-refractivity contribution in [3.05, 3.63) is 96.1 Å². The van der Waals surface area contributed by atoms with E-state index in [0.717, 1.165) is 28.2 Å². The number of likely N-dealkylation sites (N-methyl/N-ethyl adjacent to an activating group) is 2. The van der Waals surface area contributed by atoms with Crippen LogP contribution in [0.2, 0.25) is 0 Å². The van der Waals surface area contributed by atoms with E-state index >= 15 is 0 Å². The zero-order valence-corrected chi connectivity index (χ0v) is 26.7. The first kappa shape index (κ1) is 34.3. The Morgan fingerprint density at radius 1 is 0.886 bits per heavy atom. The monoisotopic (exact) mass is 622 g/mol. The van der Waals surface area contributed by atoms with Gasteiger partial charge in [0.15, 0.2) is 0 Å². The highest BCUT2D eigenvalue weighted by atomic mass is 32.2. The van der Waals surface area contributed by atoms with Crippen LogP contribution in [0.3, 0.4) is 0 Å². The molecule has 11 heteroatoms. The summed E-state index contributed by atoms with van der Waals surface area (Å²) in [6.45, 7) is 3.41. The van der Waals surface area contributed by atoms with E-state index in [1.54, 1.807) is 34.0 Å². The van der Waals surface area contributed by atoms with Crippen molar-refractivity contribution in [2.45, 2.75) is 50.7 Å². The van der Waals surface area contributed by atoms with Crippen LogP contribution in [0.5, 0.6) is 0 Å². The van der Waals surface area contributed by atoms with Gasteiger partial charge >= 0.3 is 6.09 Å². The molecular formula is C33H42N4O6S. The van der Waals surface area contributed by atoms with E-state index in [9.17, 15) is 22.8 Å². The van der Waals surface area contributed by atoms with E-state index in [-0.39, 0.29) is 25.3 Å². The Hall–Kier alpha value is -4.22. The lowest BCUT2D eigenvalue weighted by molar-refractivity contribution is -0.142. The second-order valence-electron chi connectivity index (χ2n) is 11.7. The van der Waals surface area contributed by atoms with Gasteiger partial charge in [0, 0.05) is 38.6 Å². The highest BCUT2D eigenvalue weighted by molar-refractivity contribution is 7.88. The molecule has 0 heterocycles. The molecule has 3 aromatic rings. The Morgan fingerprint density at radius 2 is 1.52 bits per heavy atom. The molecule has 3 amide bonds. The Balaban J connectivity index is 1.92. The van der Waals surface area contributed by atoms with Gasteiger partial charge in [-0.2, -0.15) is 0 Å². The van der Waals surface area contributed by atoms with Crippen molar-refractivity contribution in [3.63, 3.8) is 0 Å². The molecule has 0 spiro atoms. The standard InChI is InChI=1S/C33H42N4O6S/c1-33(2,35-32(40)41)19-11-16-30(38)37(4)29(22-25-17-18-26-14-9-10-15-27(26)20-25)31(39)36(3)28(23-34-44(5,42)43)21-24-12-7-6-8-13-24/h6-18,20,28-29,34-35H,19,21-23H2,1-5H3,(H,40,41)/t28-,29-/m1/s1. The number of hydrogen-bond acceptors (Lipinski definition) is 5. The molecule has 0 saturated heterocycles. The van der Waals surface area contributed by atoms with E-state index in [0.29, 0.717) is 6.42 Å². The average molecular weight is 623 g/mol. The number of hydrogen-bond donors (Lipinski definition) is 3. The van der Waals surface area contributed by atoms with Crippen LogP contribution in [-0.4, -0.2) is 85.8 Å². The molecular weight excluding hydrogens is 580 g/mol. The molecule has 3 N–H and O–H groups in total. The summed E-state index contributed by atoms with van der Waals surface area (Å²) in [7, 11) is -0.336. The Morgan fingerprint density at radius 3 is 2.16 bits per heavy atom. The van der Waals surface area contributed by atoms with Gasteiger partial charge in [-0.3, -0.25) is 9.59 Å². The largest absolute Gasteiger partial charge is 0.465 e. The van der Waals surface area contributed by atoms with E-state index in [1.165, 1.54) is 15.9 Å². The topological polar surface area (TPSA) is 136 Å². The summed E-state index contributed by atoms with van der Waals surface area (Å²) in [5.74, 6) is -0.760. The van der Waals surface area contributed by atoms with Gasteiger partial charge in [0.05, 0.1) is 6.26 Å². The Bertz CT molecular complexity index is 1590. The SMILES string of the molecule is CN(C(=O)[C@@H](Cc1ccc2ccccc2c1)N(C)C(=O)C=CCC(C)(C)NC(=O)O)[C@@H](CNS(C)(=O)=O)Cc1ccccc1. The predicted octanol–water partition coefficient (Wildman–Crippen LogP) is 3.82. The van der Waals surface area contributed by atoms with Gasteiger partial charge in [0.25, 0.3) is 0 Å². The first-order valence-corrected chi connectivity index (χ1v) is 16.2. The maximum atomic E-state index is 14.2. The molecule has 0 aromatic heterocycles. The number of carbonyl (C=O) groups excluding carboxylic acids is 2. The second kappa shape index (κ2) is 15.0. The highest BCUT2D eigenvalue weighted by Gasteiger charge is 2.32. The van der Waals surface area contributed by atoms with Crippen LogP contribution in [0.25, 0.3) is 10.8 Å². The van der Waals surface area contributed by atoms with Gasteiger partial charge in [-0.15, -0.1) is 0 Å². The van der Waals surface area contributed by atoms with Crippen LogP contribution >= 0.6 is 0 Å². The van der Waals surface area contributed by atoms with Crippen molar-refractivity contribution in [2.75, 3.05) is 26.9 Å². The van der Waals surface area contributed by atoms with Crippen molar-refractivity contribution in [2.24, 2.45) is 0 Å². The van der Waals surface area contributed by atoms with E-state index < -0.39 is 39.6 Å². The number of carbonyl (C=O) groups is 3. The average Bonchev–Trinajstić information content (AvgIpc) is 2.96. The van der Waals surface area contributed by atoms with Crippen LogP contribution < -0.4 is 10.0 Å². The molecule has 0 aliphatic rings. The van der Waals surface area contributed by atoms with Gasteiger partial charge < -0.3 is 20.2 Å². The summed E-state index contributed by atoms with van der Waals surface area (Å²) in [5, 5.41) is 13.5. The van der Waals surface area contributed by atoms with Crippen molar-refractivity contribution in [1.82, 2.24) is 19.8 Å². The second-order valence-corrected chi connectivity index (χ2v) is 13.5. The maximum absolute atomic E-state index is 14.2. The third kappa shape index (κ3) is 10.5. The van der Waals surface area contributed by atoms with Crippen molar-refractivity contribution < 1.29 is 27.9 Å². The minimum Gasteiger partial charge on any atom is -0.465 e. The summed E-state index contributed by atoms with van der Waals surface area (Å²) in [4.78, 5) is 41.6. The minimum atomic E-state index is -3.52. The number of benzene rings is 3. The summed E-state index contributed by atoms with van der Waals surface area (Å²) in [6.07, 6.45) is 3.74. The van der Waals surface area contributed by atoms with E-state index in [4.69, 9.17) is 5.11 Å². The summed E-state index contributed by atoms with van der Waals surface area (Å²) >= 11 is 0. The van der Waals surface area contributed by atoms with Gasteiger partial charge in [0.2, 0.25) is 21.8 Å². The number of fused-ring (bicyclic) bond motifs is 1. The normalized spacial score (nSPS) is 13.4. The Labute approximate surface area is 259 Å². The van der Waals surface area contributed by atoms with Crippen LogP contribution in [-0.2, 0) is 32.5 Å². The molecule has 236 valence electrons. The van der Waals surface area contributed by atoms with Crippen LogP contribution in [0.4, 0.5) is 4.79 Å². The smallest absolute Gasteiger partial charge is 0.405 e. The van der Waals surface area contributed by atoms with Crippen molar-refractivity contribution in [1.29, 1.82) is 0 Å². The van der Waals surface area contributed by atoms with E-state index in [1.807, 2.05) is 72.8 Å². The molecule has 0 fully saturated rings. The molecule has 0 unspecified atom stereocenters. The van der Waals surface area contributed by atoms with Crippen molar-refractivity contribution >= 4 is 38.7 Å². The van der Waals surface area contributed by atoms with Gasteiger partial charge in [-0.05, 0) is 54.7 Å². The summed E-state index contributed by atoms with van der Waals surface area (Å²) in [5.41, 5.74) is 1.00. The molecule has 10 nitrogen and oxygen atoms in total. The highest BCUT2D eigenvalue weighted by Crippen LogP contribution is 2.20. The quantitative estimate of drug-likeness (QED) is 0.234. The molecule has 3 rings (SSSR count). The number of amides is 3.